The minimum Gasteiger partial charge on any atom is -0.387 e. The van der Waals surface area contributed by atoms with Gasteiger partial charge in [-0.05, 0) is 57.0 Å². The SMILES string of the molecule is Cc1sc(C(O)Cc2ccc(Br)s2)cc1Br. The molecule has 0 amide bonds. The number of aliphatic hydroxyl groups excluding tert-OH is 1. The number of thiophene rings is 2. The molecule has 2 rings (SSSR count). The lowest BCUT2D eigenvalue weighted by Gasteiger charge is -2.05. The molecule has 1 unspecified atom stereocenters. The first-order chi connectivity index (χ1) is 7.56. The van der Waals surface area contributed by atoms with Gasteiger partial charge in [0.2, 0.25) is 0 Å². The van der Waals surface area contributed by atoms with E-state index in [1.54, 1.807) is 22.7 Å². The van der Waals surface area contributed by atoms with Gasteiger partial charge in [-0.3, -0.25) is 0 Å². The van der Waals surface area contributed by atoms with Gasteiger partial charge in [-0.15, -0.1) is 22.7 Å². The first kappa shape index (κ1) is 12.8. The van der Waals surface area contributed by atoms with Gasteiger partial charge in [0.15, 0.2) is 0 Å². The van der Waals surface area contributed by atoms with Gasteiger partial charge in [-0.25, -0.2) is 0 Å². The number of aryl methyl sites for hydroxylation is 1. The quantitative estimate of drug-likeness (QED) is 0.799. The maximum atomic E-state index is 10.1. The Morgan fingerprint density at radius 3 is 2.56 bits per heavy atom. The van der Waals surface area contributed by atoms with Crippen molar-refractivity contribution in [1.82, 2.24) is 0 Å². The fraction of sp³-hybridized carbons (Fsp3) is 0.273. The summed E-state index contributed by atoms with van der Waals surface area (Å²) in [6.45, 7) is 2.05. The van der Waals surface area contributed by atoms with Crippen LogP contribution in [0, 0.1) is 6.92 Å². The Morgan fingerprint density at radius 1 is 1.31 bits per heavy atom. The van der Waals surface area contributed by atoms with Crippen molar-refractivity contribution < 1.29 is 5.11 Å². The summed E-state index contributed by atoms with van der Waals surface area (Å²) in [5.41, 5.74) is 0. The fourth-order valence-corrected chi connectivity index (χ4v) is 4.47. The van der Waals surface area contributed by atoms with Crippen molar-refractivity contribution in [2.24, 2.45) is 0 Å². The first-order valence-corrected chi connectivity index (χ1v) is 7.96. The standard InChI is InChI=1S/C11H10Br2OS2/c1-6-8(12)5-10(15-6)9(14)4-7-2-3-11(13)16-7/h2-3,5,9,14H,4H2,1H3. The van der Waals surface area contributed by atoms with E-state index in [0.717, 1.165) is 13.1 Å². The highest BCUT2D eigenvalue weighted by atomic mass is 79.9. The van der Waals surface area contributed by atoms with Crippen molar-refractivity contribution >= 4 is 54.5 Å². The summed E-state index contributed by atoms with van der Waals surface area (Å²) in [6, 6.07) is 6.07. The third-order valence-corrected chi connectivity index (χ3v) is 6.11. The smallest absolute Gasteiger partial charge is 0.0930 e. The van der Waals surface area contributed by atoms with Crippen LogP contribution in [0.2, 0.25) is 0 Å². The molecule has 1 atom stereocenters. The summed E-state index contributed by atoms with van der Waals surface area (Å²) in [5.74, 6) is 0. The maximum Gasteiger partial charge on any atom is 0.0930 e. The molecule has 2 aromatic rings. The lowest BCUT2D eigenvalue weighted by atomic mass is 10.2. The highest BCUT2D eigenvalue weighted by molar-refractivity contribution is 9.11. The predicted octanol–water partition coefficient (Wildman–Crippen LogP) is 4.92. The van der Waals surface area contributed by atoms with Crippen LogP contribution in [-0.2, 0) is 6.42 Å². The number of aliphatic hydroxyl groups is 1. The molecular weight excluding hydrogens is 372 g/mol. The average molecular weight is 382 g/mol. The first-order valence-electron chi connectivity index (χ1n) is 4.74. The van der Waals surface area contributed by atoms with Gasteiger partial charge >= 0.3 is 0 Å². The van der Waals surface area contributed by atoms with Gasteiger partial charge in [0.1, 0.15) is 0 Å². The van der Waals surface area contributed by atoms with Gasteiger partial charge < -0.3 is 5.11 Å². The van der Waals surface area contributed by atoms with Gasteiger partial charge in [-0.2, -0.15) is 0 Å². The third kappa shape index (κ3) is 2.96. The van der Waals surface area contributed by atoms with Crippen molar-refractivity contribution in [2.45, 2.75) is 19.4 Å². The van der Waals surface area contributed by atoms with E-state index >= 15 is 0 Å². The van der Waals surface area contributed by atoms with Crippen LogP contribution < -0.4 is 0 Å². The number of halogens is 2. The topological polar surface area (TPSA) is 20.2 Å². The monoisotopic (exact) mass is 380 g/mol. The molecule has 1 N–H and O–H groups in total. The number of rotatable bonds is 3. The molecule has 0 aliphatic heterocycles. The Kier molecular flexibility index (Phi) is 4.24. The van der Waals surface area contributed by atoms with Crippen molar-refractivity contribution in [3.05, 3.63) is 41.1 Å². The van der Waals surface area contributed by atoms with E-state index in [9.17, 15) is 5.11 Å². The summed E-state index contributed by atoms with van der Waals surface area (Å²) in [7, 11) is 0. The second kappa shape index (κ2) is 5.31. The summed E-state index contributed by atoms with van der Waals surface area (Å²) in [6.07, 6.45) is 0.281. The molecule has 2 aromatic heterocycles. The van der Waals surface area contributed by atoms with Crippen LogP contribution >= 0.6 is 54.5 Å². The van der Waals surface area contributed by atoms with Gasteiger partial charge in [0.05, 0.1) is 9.89 Å². The molecule has 0 aliphatic carbocycles. The van der Waals surface area contributed by atoms with E-state index in [-0.39, 0.29) is 0 Å². The van der Waals surface area contributed by atoms with Crippen LogP contribution in [-0.4, -0.2) is 5.11 Å². The zero-order chi connectivity index (χ0) is 11.7. The summed E-state index contributed by atoms with van der Waals surface area (Å²) in [4.78, 5) is 3.43. The van der Waals surface area contributed by atoms with Crippen molar-refractivity contribution in [3.8, 4) is 0 Å². The zero-order valence-corrected chi connectivity index (χ0v) is 13.3. The molecule has 2 heterocycles. The molecule has 0 saturated heterocycles. The zero-order valence-electron chi connectivity index (χ0n) is 8.54. The fourth-order valence-electron chi connectivity index (χ4n) is 1.40. The molecule has 1 nitrogen and oxygen atoms in total. The summed E-state index contributed by atoms with van der Waals surface area (Å²) >= 11 is 10.2. The van der Waals surface area contributed by atoms with Gasteiger partial charge in [-0.1, -0.05) is 0 Å². The van der Waals surface area contributed by atoms with Gasteiger partial charge in [0.25, 0.3) is 0 Å². The molecule has 16 heavy (non-hydrogen) atoms. The Balaban J connectivity index is 2.11. The lowest BCUT2D eigenvalue weighted by molar-refractivity contribution is 0.183. The number of hydrogen-bond acceptors (Lipinski definition) is 3. The van der Waals surface area contributed by atoms with E-state index < -0.39 is 6.10 Å². The molecule has 0 fully saturated rings. The molecule has 0 aromatic carbocycles. The Morgan fingerprint density at radius 2 is 2.06 bits per heavy atom. The van der Waals surface area contributed by atoms with Crippen molar-refractivity contribution in [2.75, 3.05) is 0 Å². The molecular formula is C11H10Br2OS2. The largest absolute Gasteiger partial charge is 0.387 e. The van der Waals surface area contributed by atoms with Crippen LogP contribution in [0.4, 0.5) is 0 Å². The minimum atomic E-state index is -0.402. The summed E-state index contributed by atoms with van der Waals surface area (Å²) in [5, 5.41) is 10.1. The lowest BCUT2D eigenvalue weighted by Crippen LogP contribution is -1.97. The van der Waals surface area contributed by atoms with Crippen LogP contribution in [0.1, 0.15) is 20.7 Å². The summed E-state index contributed by atoms with van der Waals surface area (Å²) < 4.78 is 2.19. The molecule has 0 spiro atoms. The predicted molar refractivity (Wildman–Crippen MR) is 77.4 cm³/mol. The normalized spacial score (nSPS) is 13.0. The second-order valence-corrected chi connectivity index (χ2v) is 8.17. The molecule has 0 bridgehead atoms. The van der Waals surface area contributed by atoms with E-state index in [2.05, 4.69) is 31.9 Å². The molecule has 0 aliphatic rings. The van der Waals surface area contributed by atoms with Crippen molar-refractivity contribution in [3.63, 3.8) is 0 Å². The van der Waals surface area contributed by atoms with E-state index in [1.807, 2.05) is 25.1 Å². The van der Waals surface area contributed by atoms with E-state index in [4.69, 9.17) is 0 Å². The van der Waals surface area contributed by atoms with Crippen LogP contribution in [0.3, 0.4) is 0 Å². The molecule has 0 saturated carbocycles. The average Bonchev–Trinajstić information content (AvgIpc) is 2.75. The molecule has 86 valence electrons. The van der Waals surface area contributed by atoms with E-state index in [0.29, 0.717) is 6.42 Å². The van der Waals surface area contributed by atoms with Gasteiger partial charge in [0, 0.05) is 25.5 Å². The van der Waals surface area contributed by atoms with Crippen LogP contribution in [0.25, 0.3) is 0 Å². The maximum absolute atomic E-state index is 10.1. The highest BCUT2D eigenvalue weighted by Gasteiger charge is 2.13. The Bertz CT molecular complexity index is 470. The van der Waals surface area contributed by atoms with Crippen LogP contribution in [0.15, 0.2) is 26.5 Å². The Labute approximate surface area is 119 Å². The molecule has 0 radical (unpaired) electrons. The van der Waals surface area contributed by atoms with Crippen LogP contribution in [0.5, 0.6) is 0 Å². The highest BCUT2D eigenvalue weighted by Crippen LogP contribution is 2.33. The third-order valence-electron chi connectivity index (χ3n) is 2.23. The number of hydrogen-bond donors (Lipinski definition) is 1. The van der Waals surface area contributed by atoms with E-state index in [1.165, 1.54) is 9.75 Å². The second-order valence-electron chi connectivity index (χ2n) is 3.48. The van der Waals surface area contributed by atoms with Crippen molar-refractivity contribution in [1.29, 1.82) is 0 Å². The minimum absolute atomic E-state index is 0.402. The molecule has 5 heteroatoms. The Hall–Kier alpha value is 0.320.